The summed E-state index contributed by atoms with van der Waals surface area (Å²) in [6.45, 7) is 2.37. The zero-order chi connectivity index (χ0) is 26.1. The Labute approximate surface area is 219 Å². The second-order valence-corrected chi connectivity index (χ2v) is 10.0. The SMILES string of the molecule is FC(F)(F)c1nc(Nc2ccc3c(c2)CCC(N2CCCC2)CC3)n(-c2cncc(-c3ccccc3)c2)n1. The van der Waals surface area contributed by atoms with Gasteiger partial charge < -0.3 is 10.2 Å². The Morgan fingerprint density at radius 1 is 0.842 bits per heavy atom. The van der Waals surface area contributed by atoms with Gasteiger partial charge in [0.2, 0.25) is 5.95 Å². The van der Waals surface area contributed by atoms with Crippen molar-refractivity contribution >= 4 is 11.6 Å². The van der Waals surface area contributed by atoms with Crippen LogP contribution in [0.2, 0.25) is 0 Å². The van der Waals surface area contributed by atoms with Crippen LogP contribution >= 0.6 is 0 Å². The summed E-state index contributed by atoms with van der Waals surface area (Å²) in [5.41, 5.74) is 5.32. The van der Waals surface area contributed by atoms with Gasteiger partial charge in [0.15, 0.2) is 0 Å². The second kappa shape index (κ2) is 10.2. The summed E-state index contributed by atoms with van der Waals surface area (Å²) in [4.78, 5) is 10.7. The van der Waals surface area contributed by atoms with Gasteiger partial charge >= 0.3 is 6.18 Å². The van der Waals surface area contributed by atoms with Crippen LogP contribution in [0.5, 0.6) is 0 Å². The summed E-state index contributed by atoms with van der Waals surface area (Å²) < 4.78 is 42.1. The van der Waals surface area contributed by atoms with E-state index in [9.17, 15) is 13.2 Å². The number of hydrogen-bond donors (Lipinski definition) is 1. The molecule has 0 spiro atoms. The summed E-state index contributed by atoms with van der Waals surface area (Å²) in [5.74, 6) is -1.21. The molecule has 0 bridgehead atoms. The van der Waals surface area contributed by atoms with Gasteiger partial charge in [0.1, 0.15) is 0 Å². The Hall–Kier alpha value is -3.72. The van der Waals surface area contributed by atoms with E-state index in [0.717, 1.165) is 36.8 Å². The van der Waals surface area contributed by atoms with E-state index >= 15 is 0 Å². The molecular formula is C29H29F3N6. The molecule has 0 saturated carbocycles. The molecule has 9 heteroatoms. The molecule has 1 aliphatic carbocycles. The molecule has 3 heterocycles. The lowest BCUT2D eigenvalue weighted by Gasteiger charge is -2.25. The molecule has 0 amide bonds. The van der Waals surface area contributed by atoms with Gasteiger partial charge in [-0.25, -0.2) is 0 Å². The number of aromatic nitrogens is 4. The minimum atomic E-state index is -4.68. The van der Waals surface area contributed by atoms with Gasteiger partial charge in [0.25, 0.3) is 5.82 Å². The van der Waals surface area contributed by atoms with E-state index in [0.29, 0.717) is 17.4 Å². The van der Waals surface area contributed by atoms with Crippen molar-refractivity contribution in [3.8, 4) is 16.8 Å². The highest BCUT2D eigenvalue weighted by molar-refractivity contribution is 5.65. The zero-order valence-corrected chi connectivity index (χ0v) is 21.0. The normalized spacial score (nSPS) is 18.2. The first-order chi connectivity index (χ1) is 18.4. The van der Waals surface area contributed by atoms with E-state index in [1.165, 1.54) is 47.9 Å². The third-order valence-electron chi connectivity index (χ3n) is 7.55. The summed E-state index contributed by atoms with van der Waals surface area (Å²) >= 11 is 0. The van der Waals surface area contributed by atoms with Gasteiger partial charge in [0, 0.05) is 23.5 Å². The Balaban J connectivity index is 1.30. The predicted molar refractivity (Wildman–Crippen MR) is 141 cm³/mol. The van der Waals surface area contributed by atoms with E-state index in [1.807, 2.05) is 42.5 Å². The third kappa shape index (κ3) is 5.15. The monoisotopic (exact) mass is 518 g/mol. The molecule has 38 heavy (non-hydrogen) atoms. The third-order valence-corrected chi connectivity index (χ3v) is 7.55. The molecule has 6 nitrogen and oxygen atoms in total. The van der Waals surface area contributed by atoms with Gasteiger partial charge in [-0.1, -0.05) is 36.4 Å². The Bertz CT molecular complexity index is 1410. The van der Waals surface area contributed by atoms with Gasteiger partial charge in [0.05, 0.1) is 11.9 Å². The molecule has 4 aromatic rings. The molecule has 1 fully saturated rings. The molecule has 0 radical (unpaired) electrons. The summed E-state index contributed by atoms with van der Waals surface area (Å²) in [7, 11) is 0. The summed E-state index contributed by atoms with van der Waals surface area (Å²) in [5, 5.41) is 6.92. The van der Waals surface area contributed by atoms with E-state index < -0.39 is 12.0 Å². The van der Waals surface area contributed by atoms with Crippen LogP contribution in [0.1, 0.15) is 42.6 Å². The van der Waals surface area contributed by atoms with Crippen LogP contribution in [-0.2, 0) is 19.0 Å². The maximum Gasteiger partial charge on any atom is 0.453 e. The minimum absolute atomic E-state index is 0.00662. The van der Waals surface area contributed by atoms with Crippen molar-refractivity contribution in [2.24, 2.45) is 0 Å². The van der Waals surface area contributed by atoms with Crippen molar-refractivity contribution in [2.45, 2.75) is 50.7 Å². The molecule has 1 aliphatic heterocycles. The molecule has 1 N–H and O–H groups in total. The average Bonchev–Trinajstić information content (AvgIpc) is 3.56. The summed E-state index contributed by atoms with van der Waals surface area (Å²) in [6, 6.07) is 18.0. The number of aryl methyl sites for hydroxylation is 2. The Kier molecular flexibility index (Phi) is 6.61. The van der Waals surface area contributed by atoms with Crippen LogP contribution in [0.25, 0.3) is 16.8 Å². The summed E-state index contributed by atoms with van der Waals surface area (Å²) in [6.07, 6.45) is 5.26. The van der Waals surface area contributed by atoms with Crippen molar-refractivity contribution in [3.05, 3.63) is 83.9 Å². The zero-order valence-electron chi connectivity index (χ0n) is 21.0. The highest BCUT2D eigenvalue weighted by Crippen LogP contribution is 2.32. The number of likely N-dealkylation sites (tertiary alicyclic amines) is 1. The van der Waals surface area contributed by atoms with Gasteiger partial charge in [-0.2, -0.15) is 22.8 Å². The first-order valence-corrected chi connectivity index (χ1v) is 13.1. The molecule has 2 aliphatic rings. The number of rotatable bonds is 5. The first-order valence-electron chi connectivity index (χ1n) is 13.1. The van der Waals surface area contributed by atoms with Gasteiger partial charge in [-0.3, -0.25) is 4.98 Å². The van der Waals surface area contributed by atoms with Crippen molar-refractivity contribution in [1.82, 2.24) is 24.6 Å². The van der Waals surface area contributed by atoms with E-state index in [4.69, 9.17) is 0 Å². The predicted octanol–water partition coefficient (Wildman–Crippen LogP) is 6.43. The van der Waals surface area contributed by atoms with Gasteiger partial charge in [-0.15, -0.1) is 5.10 Å². The molecular weight excluding hydrogens is 489 g/mol. The average molecular weight is 519 g/mol. The number of anilines is 2. The number of nitrogens with zero attached hydrogens (tertiary/aromatic N) is 5. The van der Waals surface area contributed by atoms with Crippen molar-refractivity contribution in [1.29, 1.82) is 0 Å². The molecule has 1 saturated heterocycles. The Morgan fingerprint density at radius 3 is 2.37 bits per heavy atom. The number of pyridine rings is 1. The highest BCUT2D eigenvalue weighted by Gasteiger charge is 2.37. The largest absolute Gasteiger partial charge is 0.453 e. The maximum atomic E-state index is 13.6. The number of hydrogen-bond acceptors (Lipinski definition) is 5. The first kappa shape index (κ1) is 24.6. The van der Waals surface area contributed by atoms with E-state index in [2.05, 4.69) is 31.3 Å². The quantitative estimate of drug-likeness (QED) is 0.308. The van der Waals surface area contributed by atoms with Crippen molar-refractivity contribution < 1.29 is 13.2 Å². The number of halogens is 3. The maximum absolute atomic E-state index is 13.6. The molecule has 2 aromatic heterocycles. The van der Waals surface area contributed by atoms with Gasteiger partial charge in [-0.05, 0) is 86.5 Å². The topological polar surface area (TPSA) is 58.9 Å². The van der Waals surface area contributed by atoms with Crippen molar-refractivity contribution in [2.75, 3.05) is 18.4 Å². The highest BCUT2D eigenvalue weighted by atomic mass is 19.4. The fraction of sp³-hybridized carbons (Fsp3) is 0.345. The fourth-order valence-corrected chi connectivity index (χ4v) is 5.60. The van der Waals surface area contributed by atoms with Crippen LogP contribution in [0.4, 0.5) is 24.8 Å². The van der Waals surface area contributed by atoms with Crippen LogP contribution in [0, 0.1) is 0 Å². The molecule has 2 aromatic carbocycles. The standard InChI is InChI=1S/C29H29F3N6/c30-29(31,32)27-35-28(38(36-27)26-17-23(18-33-19-26)20-6-2-1-3-7-20)34-24-11-8-21-9-12-25(13-10-22(21)16-24)37-14-4-5-15-37/h1-3,6-8,11,16-19,25H,4-5,9-10,12-15H2,(H,34,35,36). The van der Waals surface area contributed by atoms with Crippen LogP contribution in [-0.4, -0.2) is 43.8 Å². The fourth-order valence-electron chi connectivity index (χ4n) is 5.60. The van der Waals surface area contributed by atoms with Crippen molar-refractivity contribution in [3.63, 3.8) is 0 Å². The molecule has 6 rings (SSSR count). The van der Waals surface area contributed by atoms with E-state index in [-0.39, 0.29) is 5.95 Å². The lowest BCUT2D eigenvalue weighted by Crippen LogP contribution is -2.32. The number of fused-ring (bicyclic) bond motifs is 1. The molecule has 1 atom stereocenters. The molecule has 196 valence electrons. The van der Waals surface area contributed by atoms with Crippen LogP contribution < -0.4 is 5.32 Å². The lowest BCUT2D eigenvalue weighted by molar-refractivity contribution is -0.144. The lowest BCUT2D eigenvalue weighted by atomic mass is 10.0. The smallest absolute Gasteiger partial charge is 0.324 e. The van der Waals surface area contributed by atoms with Crippen LogP contribution in [0.3, 0.4) is 0 Å². The van der Waals surface area contributed by atoms with E-state index in [1.54, 1.807) is 12.3 Å². The number of alkyl halides is 3. The Morgan fingerprint density at radius 2 is 1.61 bits per heavy atom. The number of benzene rings is 2. The number of nitrogens with one attached hydrogen (secondary N) is 1. The van der Waals surface area contributed by atoms with Crippen LogP contribution in [0.15, 0.2) is 67.0 Å². The second-order valence-electron chi connectivity index (χ2n) is 10.0. The molecule has 1 unspecified atom stereocenters. The minimum Gasteiger partial charge on any atom is -0.324 e.